The topological polar surface area (TPSA) is 74.5 Å². The fourth-order valence-corrected chi connectivity index (χ4v) is 3.53. The molecule has 1 saturated carbocycles. The van der Waals surface area contributed by atoms with E-state index in [9.17, 15) is 18.3 Å². The molecule has 0 unspecified atom stereocenters. The van der Waals surface area contributed by atoms with Crippen molar-refractivity contribution in [2.75, 3.05) is 10.6 Å². The highest BCUT2D eigenvalue weighted by atomic mass is 19.4. The fraction of sp³-hybridized carbons (Fsp3) is 0.400. The van der Waals surface area contributed by atoms with Crippen molar-refractivity contribution in [2.24, 2.45) is 0 Å². The summed E-state index contributed by atoms with van der Waals surface area (Å²) < 4.78 is 39.8. The number of pyridine rings is 1. The van der Waals surface area contributed by atoms with Gasteiger partial charge in [0, 0.05) is 13.2 Å². The highest BCUT2D eigenvalue weighted by Gasteiger charge is 2.30. The van der Waals surface area contributed by atoms with Crippen molar-refractivity contribution in [3.63, 3.8) is 0 Å². The van der Waals surface area contributed by atoms with Crippen molar-refractivity contribution in [1.29, 1.82) is 0 Å². The van der Waals surface area contributed by atoms with Crippen LogP contribution in [0.4, 0.5) is 30.6 Å². The molecule has 3 N–H and O–H groups in total. The summed E-state index contributed by atoms with van der Waals surface area (Å²) in [4.78, 5) is 4.39. The van der Waals surface area contributed by atoms with Gasteiger partial charge in [-0.3, -0.25) is 0 Å². The summed E-state index contributed by atoms with van der Waals surface area (Å²) in [6.45, 7) is 1.86. The molecule has 0 bridgehead atoms. The van der Waals surface area contributed by atoms with Gasteiger partial charge >= 0.3 is 6.18 Å². The van der Waals surface area contributed by atoms with E-state index in [4.69, 9.17) is 0 Å². The van der Waals surface area contributed by atoms with Crippen LogP contribution in [0.3, 0.4) is 0 Å². The van der Waals surface area contributed by atoms with Gasteiger partial charge in [0.2, 0.25) is 5.95 Å². The Hall–Kier alpha value is -2.81. The van der Waals surface area contributed by atoms with Gasteiger partial charge in [0.25, 0.3) is 0 Å². The number of alkyl halides is 3. The first kappa shape index (κ1) is 19.5. The van der Waals surface area contributed by atoms with Gasteiger partial charge in [0.1, 0.15) is 5.82 Å². The largest absolute Gasteiger partial charge is 0.416 e. The Bertz CT molecular complexity index is 994. The Labute approximate surface area is 167 Å². The van der Waals surface area contributed by atoms with E-state index >= 15 is 0 Å². The average molecular weight is 407 g/mol. The van der Waals surface area contributed by atoms with Crippen molar-refractivity contribution < 1.29 is 19.7 Å². The predicted octanol–water partition coefficient (Wildman–Crippen LogP) is 4.84. The van der Waals surface area contributed by atoms with Crippen LogP contribution in [0.2, 0.25) is 0 Å². The van der Waals surface area contributed by atoms with Crippen molar-refractivity contribution in [1.82, 2.24) is 14.6 Å². The van der Waals surface area contributed by atoms with Crippen LogP contribution in [-0.4, -0.2) is 31.3 Å². The Morgan fingerprint density at radius 2 is 1.83 bits per heavy atom. The SMILES string of the molecule is CC1(O)CCC(Nc2cccc3nc(Nc4ccc(C(F)(F)F)cc4)nn23)CC1.[HH]. The molecule has 1 aromatic carbocycles. The second-order valence-electron chi connectivity index (χ2n) is 7.73. The van der Waals surface area contributed by atoms with E-state index in [1.165, 1.54) is 12.1 Å². The van der Waals surface area contributed by atoms with Crippen LogP contribution < -0.4 is 10.6 Å². The minimum absolute atomic E-state index is 0. The first-order chi connectivity index (χ1) is 13.7. The smallest absolute Gasteiger partial charge is 0.390 e. The number of halogens is 3. The molecule has 2 aromatic heterocycles. The predicted molar refractivity (Wildman–Crippen MR) is 106 cm³/mol. The standard InChI is InChI=1S/C20H22F3N5O.H2/c1-19(29)11-9-15(10-12-19)24-16-3-2-4-17-26-18(27-28(16)17)25-14-7-5-13(6-8-14)20(21,22)23;/h2-8,15,24,29H,9-12H2,1H3,(H,25,27);1H. The second-order valence-corrected chi connectivity index (χ2v) is 7.73. The minimum atomic E-state index is -4.37. The van der Waals surface area contributed by atoms with Gasteiger partial charge in [-0.1, -0.05) is 6.07 Å². The zero-order valence-corrected chi connectivity index (χ0v) is 15.9. The lowest BCUT2D eigenvalue weighted by Gasteiger charge is -2.33. The summed E-state index contributed by atoms with van der Waals surface area (Å²) in [5.41, 5.74) is -0.218. The molecule has 0 aliphatic heterocycles. The molecule has 9 heteroatoms. The van der Waals surface area contributed by atoms with Crippen LogP contribution in [0.15, 0.2) is 42.5 Å². The quantitative estimate of drug-likeness (QED) is 0.577. The van der Waals surface area contributed by atoms with Gasteiger partial charge in [-0.05, 0) is 69.0 Å². The van der Waals surface area contributed by atoms with Crippen LogP contribution >= 0.6 is 0 Å². The van der Waals surface area contributed by atoms with E-state index in [-0.39, 0.29) is 7.47 Å². The van der Waals surface area contributed by atoms with Crippen LogP contribution in [0.1, 0.15) is 39.6 Å². The van der Waals surface area contributed by atoms with Gasteiger partial charge in [-0.2, -0.15) is 22.7 Å². The Balaban J connectivity index is 0.00000256. The van der Waals surface area contributed by atoms with Gasteiger partial charge in [0.15, 0.2) is 5.65 Å². The lowest BCUT2D eigenvalue weighted by atomic mass is 9.84. The number of rotatable bonds is 4. The van der Waals surface area contributed by atoms with Crippen LogP contribution in [0.25, 0.3) is 5.65 Å². The highest BCUT2D eigenvalue weighted by Crippen LogP contribution is 2.31. The van der Waals surface area contributed by atoms with E-state index in [0.29, 0.717) is 17.3 Å². The van der Waals surface area contributed by atoms with Gasteiger partial charge in [-0.15, -0.1) is 5.10 Å². The molecule has 156 valence electrons. The maximum atomic E-state index is 12.7. The molecule has 6 nitrogen and oxygen atoms in total. The molecule has 0 spiro atoms. The Kier molecular flexibility index (Phi) is 4.85. The first-order valence-electron chi connectivity index (χ1n) is 9.49. The summed E-state index contributed by atoms with van der Waals surface area (Å²) in [7, 11) is 0. The maximum absolute atomic E-state index is 12.7. The van der Waals surface area contributed by atoms with E-state index in [2.05, 4.69) is 20.7 Å². The van der Waals surface area contributed by atoms with E-state index in [1.54, 1.807) is 4.52 Å². The molecule has 1 aliphatic carbocycles. The number of fused-ring (bicyclic) bond motifs is 1. The van der Waals surface area contributed by atoms with Crippen molar-refractivity contribution in [2.45, 2.75) is 50.4 Å². The van der Waals surface area contributed by atoms with Crippen molar-refractivity contribution >= 4 is 23.1 Å². The third kappa shape index (κ3) is 4.45. The van der Waals surface area contributed by atoms with Gasteiger partial charge in [-0.25, -0.2) is 0 Å². The number of hydrogen-bond acceptors (Lipinski definition) is 5. The zero-order chi connectivity index (χ0) is 20.6. The highest BCUT2D eigenvalue weighted by molar-refractivity contribution is 5.58. The summed E-state index contributed by atoms with van der Waals surface area (Å²) in [5, 5.41) is 20.9. The normalized spacial score (nSPS) is 22.6. The number of anilines is 3. The van der Waals surface area contributed by atoms with Gasteiger partial charge in [0.05, 0.1) is 11.2 Å². The zero-order valence-electron chi connectivity index (χ0n) is 15.9. The van der Waals surface area contributed by atoms with Crippen molar-refractivity contribution in [3.8, 4) is 0 Å². The molecular formula is C20H24F3N5O. The number of benzene rings is 1. The number of aliphatic hydroxyl groups is 1. The van der Waals surface area contributed by atoms with E-state index in [0.717, 1.165) is 43.6 Å². The molecule has 1 aliphatic rings. The van der Waals surface area contributed by atoms with Crippen LogP contribution in [0, 0.1) is 0 Å². The summed E-state index contributed by atoms with van der Waals surface area (Å²) in [6, 6.07) is 10.5. The molecular weight excluding hydrogens is 383 g/mol. The number of nitrogens with zero attached hydrogens (tertiary/aromatic N) is 3. The monoisotopic (exact) mass is 407 g/mol. The van der Waals surface area contributed by atoms with E-state index < -0.39 is 17.3 Å². The second kappa shape index (κ2) is 7.22. The Morgan fingerprint density at radius 3 is 2.48 bits per heavy atom. The number of hydrogen-bond donors (Lipinski definition) is 3. The Morgan fingerprint density at radius 1 is 1.14 bits per heavy atom. The third-order valence-corrected chi connectivity index (χ3v) is 5.24. The number of aromatic nitrogens is 3. The number of nitrogens with one attached hydrogen (secondary N) is 2. The summed E-state index contributed by atoms with van der Waals surface area (Å²) in [5.74, 6) is 1.08. The average Bonchev–Trinajstić information content (AvgIpc) is 3.06. The third-order valence-electron chi connectivity index (χ3n) is 5.24. The lowest BCUT2D eigenvalue weighted by Crippen LogP contribution is -2.36. The molecule has 4 rings (SSSR count). The molecule has 0 saturated heterocycles. The minimum Gasteiger partial charge on any atom is -0.390 e. The lowest BCUT2D eigenvalue weighted by molar-refractivity contribution is -0.137. The van der Waals surface area contributed by atoms with Gasteiger partial charge < -0.3 is 15.7 Å². The molecule has 1 fully saturated rings. The summed E-state index contributed by atoms with van der Waals surface area (Å²) >= 11 is 0. The molecule has 0 radical (unpaired) electrons. The first-order valence-corrected chi connectivity index (χ1v) is 9.49. The molecule has 2 heterocycles. The van der Waals surface area contributed by atoms with Crippen molar-refractivity contribution in [3.05, 3.63) is 48.0 Å². The maximum Gasteiger partial charge on any atom is 0.416 e. The van der Waals surface area contributed by atoms with Crippen LogP contribution in [-0.2, 0) is 6.18 Å². The fourth-order valence-electron chi connectivity index (χ4n) is 3.53. The molecule has 0 amide bonds. The molecule has 29 heavy (non-hydrogen) atoms. The molecule has 0 atom stereocenters. The van der Waals surface area contributed by atoms with E-state index in [1.807, 2.05) is 25.1 Å². The molecule has 3 aromatic rings. The summed E-state index contributed by atoms with van der Waals surface area (Å²) in [6.07, 6.45) is -1.19. The van der Waals surface area contributed by atoms with Crippen LogP contribution in [0.5, 0.6) is 0 Å².